The van der Waals surface area contributed by atoms with Crippen molar-refractivity contribution in [2.24, 2.45) is 0 Å². The van der Waals surface area contributed by atoms with E-state index < -0.39 is 0 Å². The molecule has 0 N–H and O–H groups in total. The number of aryl methyl sites for hydroxylation is 1. The highest BCUT2D eigenvalue weighted by atomic mass is 14.8. The number of pyridine rings is 4. The first-order chi connectivity index (χ1) is 34.1. The quantitative estimate of drug-likeness (QED) is 0.122. The van der Waals surface area contributed by atoms with Gasteiger partial charge in [0.15, 0.2) is 0 Å². The Labute approximate surface area is 449 Å². The lowest BCUT2D eigenvalue weighted by atomic mass is 9.89. The van der Waals surface area contributed by atoms with Gasteiger partial charge >= 0.3 is 0 Å². The Balaban J connectivity index is 0.000000438. The molecule has 0 atom stereocenters. The van der Waals surface area contributed by atoms with Crippen molar-refractivity contribution in [3.63, 3.8) is 0 Å². The molecule has 0 amide bonds. The SMILES string of the molecule is CC(C)c1cccnc1C(C)C.CC(C)c1cccnc1C(C)C.CC(C)c1ccncc1C(C)C.CC(C)c1ccncc1C(C)C.CC(C)c1nccnc1C(C)C.Cc1ccc(C(C)C)c(C(C)C)c1. The summed E-state index contributed by atoms with van der Waals surface area (Å²) in [6.45, 7) is 55.1. The predicted molar refractivity (Wildman–Crippen MR) is 319 cm³/mol. The maximum absolute atomic E-state index is 4.40. The zero-order chi connectivity index (χ0) is 55.7. The Hall–Kier alpha value is -5.10. The fourth-order valence-electron chi connectivity index (χ4n) is 8.62. The fraction of sp³-hybridized carbons (Fsp3) is 0.552. The molecule has 0 bridgehead atoms. The van der Waals surface area contributed by atoms with Crippen LogP contribution in [0.15, 0.2) is 104 Å². The van der Waals surface area contributed by atoms with E-state index in [0.29, 0.717) is 71.0 Å². The number of hydrogen-bond donors (Lipinski definition) is 0. The number of rotatable bonds is 12. The zero-order valence-corrected chi connectivity index (χ0v) is 50.9. The monoisotopic (exact) mass is 993 g/mol. The molecule has 0 unspecified atom stereocenters. The second kappa shape index (κ2) is 33.7. The van der Waals surface area contributed by atoms with E-state index in [4.69, 9.17) is 0 Å². The summed E-state index contributed by atoms with van der Waals surface area (Å²) in [5, 5.41) is 0. The fourth-order valence-corrected chi connectivity index (χ4v) is 8.62. The molecule has 6 nitrogen and oxygen atoms in total. The Morgan fingerprint density at radius 2 is 0.534 bits per heavy atom. The van der Waals surface area contributed by atoms with Crippen molar-refractivity contribution in [1.29, 1.82) is 0 Å². The van der Waals surface area contributed by atoms with Crippen LogP contribution in [0.1, 0.15) is 310 Å². The largest absolute Gasteiger partial charge is 0.264 e. The average Bonchev–Trinajstić information content (AvgIpc) is 3.34. The Morgan fingerprint density at radius 3 is 0.795 bits per heavy atom. The Bertz CT molecular complexity index is 1960. The molecule has 5 aromatic heterocycles. The normalized spacial score (nSPS) is 11.2. The van der Waals surface area contributed by atoms with Crippen LogP contribution in [-0.4, -0.2) is 29.9 Å². The molecule has 0 aliphatic carbocycles. The predicted octanol–water partition coefficient (Wildman–Crippen LogP) is 20.3. The third-order valence-corrected chi connectivity index (χ3v) is 12.7. The van der Waals surface area contributed by atoms with Gasteiger partial charge in [-0.2, -0.15) is 0 Å². The van der Waals surface area contributed by atoms with Crippen molar-refractivity contribution < 1.29 is 0 Å². The smallest absolute Gasteiger partial charge is 0.0646 e. The lowest BCUT2D eigenvalue weighted by Gasteiger charge is -2.16. The lowest BCUT2D eigenvalue weighted by Crippen LogP contribution is -2.03. The third-order valence-electron chi connectivity index (χ3n) is 12.7. The first-order valence-corrected chi connectivity index (χ1v) is 27.8. The van der Waals surface area contributed by atoms with Crippen molar-refractivity contribution in [2.45, 2.75) is 244 Å². The van der Waals surface area contributed by atoms with E-state index in [-0.39, 0.29) is 0 Å². The van der Waals surface area contributed by atoms with Crippen LogP contribution in [0.25, 0.3) is 0 Å². The number of hydrogen-bond acceptors (Lipinski definition) is 6. The summed E-state index contributed by atoms with van der Waals surface area (Å²) in [6.07, 6.45) is 15.0. The summed E-state index contributed by atoms with van der Waals surface area (Å²) in [6, 6.07) is 19.4. The zero-order valence-electron chi connectivity index (χ0n) is 50.9. The van der Waals surface area contributed by atoms with E-state index in [0.717, 1.165) is 11.4 Å². The highest BCUT2D eigenvalue weighted by Crippen LogP contribution is 2.29. The standard InChI is InChI=1S/C13H20.4C11H17N.C10H16N2/c1-9(2)12-7-6-11(5)8-13(12)10(3)4;2*1-8(2)10-5-6-12-7-11(10)9(3)4;2*1-8(2)10-6-5-7-12-11(10)9(3)4;1-7(2)9-10(8(3)4)12-6-5-11-9/h6-10H,1-5H3;4*5-9H,1-4H3;5-8H,1-4H3. The molecule has 0 spiro atoms. The third kappa shape index (κ3) is 22.9. The summed E-state index contributed by atoms with van der Waals surface area (Å²) in [7, 11) is 0. The van der Waals surface area contributed by atoms with Crippen LogP contribution in [0.5, 0.6) is 0 Å². The van der Waals surface area contributed by atoms with Crippen LogP contribution < -0.4 is 0 Å². The summed E-state index contributed by atoms with van der Waals surface area (Å²) in [5.74, 6) is 6.80. The van der Waals surface area contributed by atoms with E-state index >= 15 is 0 Å². The van der Waals surface area contributed by atoms with E-state index in [1.807, 2.05) is 49.3 Å². The summed E-state index contributed by atoms with van der Waals surface area (Å²) >= 11 is 0. The van der Waals surface area contributed by atoms with Crippen molar-refractivity contribution in [3.8, 4) is 0 Å². The Morgan fingerprint density at radius 1 is 0.247 bits per heavy atom. The number of benzene rings is 1. The molecule has 0 saturated carbocycles. The minimum atomic E-state index is 0.469. The van der Waals surface area contributed by atoms with Crippen molar-refractivity contribution in [3.05, 3.63) is 177 Å². The van der Waals surface area contributed by atoms with E-state index in [1.165, 1.54) is 61.5 Å². The minimum Gasteiger partial charge on any atom is -0.264 e. The Kier molecular flexibility index (Phi) is 30.4. The molecule has 0 saturated heterocycles. The van der Waals surface area contributed by atoms with Crippen LogP contribution in [0.2, 0.25) is 0 Å². The lowest BCUT2D eigenvalue weighted by molar-refractivity contribution is 0.726. The van der Waals surface area contributed by atoms with Crippen LogP contribution >= 0.6 is 0 Å². The maximum Gasteiger partial charge on any atom is 0.0646 e. The van der Waals surface area contributed by atoms with Crippen LogP contribution in [0, 0.1) is 6.92 Å². The molecular formula is C67H104N6. The van der Waals surface area contributed by atoms with Gasteiger partial charge in [0.2, 0.25) is 0 Å². The molecule has 0 fully saturated rings. The molecule has 73 heavy (non-hydrogen) atoms. The van der Waals surface area contributed by atoms with Gasteiger partial charge in [-0.1, -0.05) is 202 Å². The van der Waals surface area contributed by atoms with E-state index in [1.54, 1.807) is 12.4 Å². The van der Waals surface area contributed by atoms with E-state index in [9.17, 15) is 0 Å². The van der Waals surface area contributed by atoms with Gasteiger partial charge in [0.1, 0.15) is 0 Å². The molecule has 0 radical (unpaired) electrons. The summed E-state index contributed by atoms with van der Waals surface area (Å²) < 4.78 is 0. The maximum atomic E-state index is 4.40. The van der Waals surface area contributed by atoms with Gasteiger partial charge in [0, 0.05) is 61.0 Å². The van der Waals surface area contributed by atoms with Crippen LogP contribution in [0.3, 0.4) is 0 Å². The first kappa shape index (κ1) is 65.9. The van der Waals surface area contributed by atoms with Crippen molar-refractivity contribution in [2.75, 3.05) is 0 Å². The van der Waals surface area contributed by atoms with Crippen molar-refractivity contribution >= 4 is 0 Å². The highest BCUT2D eigenvalue weighted by Gasteiger charge is 2.14. The molecule has 6 rings (SSSR count). The van der Waals surface area contributed by atoms with Gasteiger partial charge in [-0.3, -0.25) is 29.9 Å². The molecule has 0 aliphatic rings. The van der Waals surface area contributed by atoms with Crippen LogP contribution in [-0.2, 0) is 0 Å². The summed E-state index contributed by atoms with van der Waals surface area (Å²) in [5.41, 5.74) is 17.5. The van der Waals surface area contributed by atoms with Gasteiger partial charge in [-0.05, 0) is 147 Å². The second-order valence-electron chi connectivity index (χ2n) is 23.3. The van der Waals surface area contributed by atoms with Gasteiger partial charge in [-0.25, -0.2) is 0 Å². The van der Waals surface area contributed by atoms with Gasteiger partial charge in [-0.15, -0.1) is 0 Å². The van der Waals surface area contributed by atoms with Gasteiger partial charge in [0.25, 0.3) is 0 Å². The highest BCUT2D eigenvalue weighted by molar-refractivity contribution is 5.36. The molecule has 6 heteroatoms. The number of nitrogens with zero attached hydrogens (tertiary/aromatic N) is 6. The minimum absolute atomic E-state index is 0.469. The van der Waals surface area contributed by atoms with Crippen LogP contribution in [0.4, 0.5) is 0 Å². The molecule has 6 aromatic rings. The van der Waals surface area contributed by atoms with E-state index in [2.05, 4.69) is 245 Å². The molecule has 0 aliphatic heterocycles. The molecule has 402 valence electrons. The van der Waals surface area contributed by atoms with Gasteiger partial charge < -0.3 is 0 Å². The molecule has 5 heterocycles. The van der Waals surface area contributed by atoms with Gasteiger partial charge in [0.05, 0.1) is 11.4 Å². The average molecular weight is 994 g/mol. The first-order valence-electron chi connectivity index (χ1n) is 27.8. The molecule has 1 aromatic carbocycles. The summed E-state index contributed by atoms with van der Waals surface area (Å²) in [4.78, 5) is 25.8. The second-order valence-corrected chi connectivity index (χ2v) is 23.3. The van der Waals surface area contributed by atoms with Crippen molar-refractivity contribution in [1.82, 2.24) is 29.9 Å². The number of aromatic nitrogens is 6. The molecular weight excluding hydrogens is 889 g/mol. The topological polar surface area (TPSA) is 77.3 Å².